The Balaban J connectivity index is 2.68. The number of likely N-dealkylation sites (N-methyl/N-ethyl adjacent to an activating group) is 1. The highest BCUT2D eigenvalue weighted by Gasteiger charge is 2.34. The Labute approximate surface area is 120 Å². The van der Waals surface area contributed by atoms with Crippen molar-refractivity contribution < 1.29 is 19.0 Å². The van der Waals surface area contributed by atoms with E-state index >= 15 is 0 Å². The van der Waals surface area contributed by atoms with Gasteiger partial charge >= 0.3 is 5.97 Å². The normalized spacial score (nSPS) is 13.6. The van der Waals surface area contributed by atoms with E-state index < -0.39 is 5.54 Å². The van der Waals surface area contributed by atoms with E-state index in [0.29, 0.717) is 19.0 Å². The Kier molecular flexibility index (Phi) is 6.48. The number of benzene rings is 1. The van der Waals surface area contributed by atoms with Crippen LogP contribution in [-0.2, 0) is 20.9 Å². The number of hydrogen-bond donors (Lipinski definition) is 1. The van der Waals surface area contributed by atoms with Crippen molar-refractivity contribution in [3.05, 3.63) is 29.8 Å². The summed E-state index contributed by atoms with van der Waals surface area (Å²) in [7, 11) is 3.36. The van der Waals surface area contributed by atoms with Crippen molar-refractivity contribution in [2.45, 2.75) is 26.0 Å². The number of carbonyl (C=O) groups excluding carboxylic acids is 1. The minimum atomic E-state index is -0.868. The van der Waals surface area contributed by atoms with Crippen molar-refractivity contribution in [2.75, 3.05) is 27.4 Å². The largest absolute Gasteiger partial charge is 0.491 e. The third-order valence-electron chi connectivity index (χ3n) is 3.01. The molecule has 1 N–H and O–H groups in total. The molecule has 1 aromatic carbocycles. The van der Waals surface area contributed by atoms with Crippen LogP contribution in [0, 0.1) is 0 Å². The predicted molar refractivity (Wildman–Crippen MR) is 76.7 cm³/mol. The maximum absolute atomic E-state index is 11.9. The molecule has 0 aliphatic carbocycles. The molecule has 0 heterocycles. The van der Waals surface area contributed by atoms with Gasteiger partial charge in [0.15, 0.2) is 0 Å². The summed E-state index contributed by atoms with van der Waals surface area (Å²) in [4.78, 5) is 11.9. The van der Waals surface area contributed by atoms with Crippen molar-refractivity contribution in [2.24, 2.45) is 0 Å². The van der Waals surface area contributed by atoms with Crippen LogP contribution in [0.25, 0.3) is 0 Å². The van der Waals surface area contributed by atoms with Gasteiger partial charge in [0, 0.05) is 7.11 Å². The molecule has 0 saturated carbocycles. The molecule has 0 saturated heterocycles. The summed E-state index contributed by atoms with van der Waals surface area (Å²) in [5, 5.41) is 2.95. The molecular formula is C15H23NO4. The molecule has 0 amide bonds. The van der Waals surface area contributed by atoms with Crippen LogP contribution in [0.2, 0.25) is 0 Å². The maximum Gasteiger partial charge on any atom is 0.329 e. The molecule has 5 heteroatoms. The standard InChI is InChI=1S/C15H23NO4/c1-5-19-14(17)15(2,16-3)11-20-13-8-6-7-12(9-13)10-18-4/h6-9,16H,5,10-11H2,1-4H3. The minimum absolute atomic E-state index is 0.193. The van der Waals surface area contributed by atoms with Crippen LogP contribution in [0.3, 0.4) is 0 Å². The summed E-state index contributed by atoms with van der Waals surface area (Å²) >= 11 is 0. The predicted octanol–water partition coefficient (Wildman–Crippen LogP) is 1.75. The fourth-order valence-electron chi connectivity index (χ4n) is 1.64. The monoisotopic (exact) mass is 281 g/mol. The molecule has 0 aliphatic rings. The first-order valence-electron chi connectivity index (χ1n) is 6.62. The van der Waals surface area contributed by atoms with Gasteiger partial charge in [-0.2, -0.15) is 0 Å². The Hall–Kier alpha value is -1.59. The molecular weight excluding hydrogens is 258 g/mol. The lowest BCUT2D eigenvalue weighted by atomic mass is 10.1. The second kappa shape index (κ2) is 7.87. The fraction of sp³-hybridized carbons (Fsp3) is 0.533. The van der Waals surface area contributed by atoms with E-state index in [4.69, 9.17) is 14.2 Å². The van der Waals surface area contributed by atoms with E-state index in [-0.39, 0.29) is 12.6 Å². The number of carbonyl (C=O) groups is 1. The minimum Gasteiger partial charge on any atom is -0.491 e. The van der Waals surface area contributed by atoms with Gasteiger partial charge < -0.3 is 19.5 Å². The van der Waals surface area contributed by atoms with Crippen LogP contribution in [0.5, 0.6) is 5.75 Å². The van der Waals surface area contributed by atoms with Crippen molar-refractivity contribution in [3.8, 4) is 5.75 Å². The second-order valence-corrected chi connectivity index (χ2v) is 4.67. The Morgan fingerprint density at radius 3 is 2.75 bits per heavy atom. The lowest BCUT2D eigenvalue weighted by Crippen LogP contribution is -2.53. The number of methoxy groups -OCH3 is 1. The molecule has 0 spiro atoms. The molecule has 1 unspecified atom stereocenters. The third kappa shape index (κ3) is 4.51. The Morgan fingerprint density at radius 2 is 2.15 bits per heavy atom. The van der Waals surface area contributed by atoms with Gasteiger partial charge in [-0.1, -0.05) is 12.1 Å². The van der Waals surface area contributed by atoms with Crippen LogP contribution in [-0.4, -0.2) is 38.9 Å². The summed E-state index contributed by atoms with van der Waals surface area (Å²) in [5.41, 5.74) is 0.153. The van der Waals surface area contributed by atoms with Crippen molar-refractivity contribution in [3.63, 3.8) is 0 Å². The van der Waals surface area contributed by atoms with Crippen LogP contribution in [0.1, 0.15) is 19.4 Å². The van der Waals surface area contributed by atoms with Crippen LogP contribution in [0.15, 0.2) is 24.3 Å². The highest BCUT2D eigenvalue weighted by atomic mass is 16.5. The molecule has 0 fully saturated rings. The smallest absolute Gasteiger partial charge is 0.329 e. The molecule has 112 valence electrons. The Morgan fingerprint density at radius 1 is 1.40 bits per heavy atom. The SMILES string of the molecule is CCOC(=O)C(C)(COc1cccc(COC)c1)NC. The fourth-order valence-corrected chi connectivity index (χ4v) is 1.64. The first-order valence-corrected chi connectivity index (χ1v) is 6.62. The topological polar surface area (TPSA) is 56.8 Å². The van der Waals surface area contributed by atoms with E-state index in [1.165, 1.54) is 0 Å². The van der Waals surface area contributed by atoms with Crippen LogP contribution >= 0.6 is 0 Å². The summed E-state index contributed by atoms with van der Waals surface area (Å²) in [6.45, 7) is 4.60. The summed E-state index contributed by atoms with van der Waals surface area (Å²) < 4.78 is 15.8. The van der Waals surface area contributed by atoms with Gasteiger partial charge in [0.1, 0.15) is 17.9 Å². The number of rotatable bonds is 8. The van der Waals surface area contributed by atoms with Gasteiger partial charge in [-0.05, 0) is 38.6 Å². The summed E-state index contributed by atoms with van der Waals surface area (Å²) in [5.74, 6) is 0.376. The maximum atomic E-state index is 11.9. The van der Waals surface area contributed by atoms with Crippen molar-refractivity contribution >= 4 is 5.97 Å². The van der Waals surface area contributed by atoms with E-state index in [1.54, 1.807) is 28.0 Å². The van der Waals surface area contributed by atoms with Gasteiger partial charge in [0.25, 0.3) is 0 Å². The third-order valence-corrected chi connectivity index (χ3v) is 3.01. The molecule has 5 nitrogen and oxygen atoms in total. The van der Waals surface area contributed by atoms with E-state index in [1.807, 2.05) is 24.3 Å². The number of hydrogen-bond acceptors (Lipinski definition) is 5. The van der Waals surface area contributed by atoms with Gasteiger partial charge in [-0.25, -0.2) is 4.79 Å². The van der Waals surface area contributed by atoms with Crippen LogP contribution < -0.4 is 10.1 Å². The van der Waals surface area contributed by atoms with E-state index in [9.17, 15) is 4.79 Å². The average Bonchev–Trinajstić information content (AvgIpc) is 2.46. The molecule has 1 rings (SSSR count). The van der Waals surface area contributed by atoms with Gasteiger partial charge in [-0.3, -0.25) is 0 Å². The van der Waals surface area contributed by atoms with Crippen molar-refractivity contribution in [1.29, 1.82) is 0 Å². The first kappa shape index (κ1) is 16.5. The van der Waals surface area contributed by atoms with E-state index in [2.05, 4.69) is 5.32 Å². The highest BCUT2D eigenvalue weighted by Crippen LogP contribution is 2.16. The lowest BCUT2D eigenvalue weighted by Gasteiger charge is -2.26. The molecule has 20 heavy (non-hydrogen) atoms. The second-order valence-electron chi connectivity index (χ2n) is 4.67. The van der Waals surface area contributed by atoms with Gasteiger partial charge in [-0.15, -0.1) is 0 Å². The quantitative estimate of drug-likeness (QED) is 0.736. The zero-order valence-corrected chi connectivity index (χ0v) is 12.6. The highest BCUT2D eigenvalue weighted by molar-refractivity contribution is 5.80. The number of ether oxygens (including phenoxy) is 3. The zero-order chi connectivity index (χ0) is 15.0. The number of esters is 1. The summed E-state index contributed by atoms with van der Waals surface area (Å²) in [6, 6.07) is 7.59. The molecule has 0 aromatic heterocycles. The van der Waals surface area contributed by atoms with Gasteiger partial charge in [0.2, 0.25) is 0 Å². The molecule has 1 atom stereocenters. The van der Waals surface area contributed by atoms with Gasteiger partial charge in [0.05, 0.1) is 13.2 Å². The molecule has 0 radical (unpaired) electrons. The Bertz CT molecular complexity index is 436. The number of nitrogens with one attached hydrogen (secondary N) is 1. The molecule has 0 bridgehead atoms. The molecule has 1 aromatic rings. The molecule has 0 aliphatic heterocycles. The van der Waals surface area contributed by atoms with Crippen molar-refractivity contribution in [1.82, 2.24) is 5.32 Å². The summed E-state index contributed by atoms with van der Waals surface area (Å²) in [6.07, 6.45) is 0. The van der Waals surface area contributed by atoms with E-state index in [0.717, 1.165) is 5.56 Å². The lowest BCUT2D eigenvalue weighted by molar-refractivity contribution is -0.151. The zero-order valence-electron chi connectivity index (χ0n) is 12.6. The first-order chi connectivity index (χ1) is 9.55. The average molecular weight is 281 g/mol. The van der Waals surface area contributed by atoms with Crippen LogP contribution in [0.4, 0.5) is 0 Å².